The first-order valence-corrected chi connectivity index (χ1v) is 7.39. The van der Waals surface area contributed by atoms with Gasteiger partial charge in [0.15, 0.2) is 0 Å². The molecule has 20 heavy (non-hydrogen) atoms. The maximum absolute atomic E-state index is 9.27. The summed E-state index contributed by atoms with van der Waals surface area (Å²) >= 11 is 0. The van der Waals surface area contributed by atoms with Gasteiger partial charge in [-0.15, -0.1) is 0 Å². The summed E-state index contributed by atoms with van der Waals surface area (Å²) in [5.41, 5.74) is 7.53. The number of aliphatic hydroxyl groups excluding tert-OH is 1. The van der Waals surface area contributed by atoms with Crippen LogP contribution in [0, 0.1) is 5.92 Å². The smallest absolute Gasteiger partial charge is 0.0936 e. The second-order valence-corrected chi connectivity index (χ2v) is 5.88. The molecule has 1 saturated heterocycles. The van der Waals surface area contributed by atoms with Crippen LogP contribution < -0.4 is 5.73 Å². The van der Waals surface area contributed by atoms with Crippen molar-refractivity contribution in [1.29, 1.82) is 0 Å². The maximum Gasteiger partial charge on any atom is 0.0936 e. The van der Waals surface area contributed by atoms with Gasteiger partial charge in [-0.1, -0.05) is 37.3 Å². The molecule has 112 valence electrons. The van der Waals surface area contributed by atoms with Crippen molar-refractivity contribution in [2.45, 2.75) is 32.1 Å². The van der Waals surface area contributed by atoms with Crippen LogP contribution in [0.3, 0.4) is 0 Å². The summed E-state index contributed by atoms with van der Waals surface area (Å²) in [5, 5.41) is 9.27. The molecule has 0 saturated carbocycles. The molecule has 0 amide bonds. The van der Waals surface area contributed by atoms with E-state index in [4.69, 9.17) is 10.5 Å². The third-order valence-electron chi connectivity index (χ3n) is 3.95. The summed E-state index contributed by atoms with van der Waals surface area (Å²) in [6.07, 6.45) is 0.0972. The van der Waals surface area contributed by atoms with Gasteiger partial charge in [0, 0.05) is 25.7 Å². The Labute approximate surface area is 121 Å². The normalized spacial score (nSPS) is 27.2. The van der Waals surface area contributed by atoms with E-state index < -0.39 is 0 Å². The first kappa shape index (κ1) is 15.4. The fourth-order valence-electron chi connectivity index (χ4n) is 2.92. The summed E-state index contributed by atoms with van der Waals surface area (Å²) < 4.78 is 5.67. The SMILES string of the molecule is CC1CN(CC(C)C(N)c2ccccc2)CC(CO)O1. The summed E-state index contributed by atoms with van der Waals surface area (Å²) in [6.45, 7) is 6.94. The number of rotatable bonds is 5. The molecule has 1 fully saturated rings. The summed E-state index contributed by atoms with van der Waals surface area (Å²) in [6, 6.07) is 10.3. The second kappa shape index (κ2) is 7.18. The largest absolute Gasteiger partial charge is 0.394 e. The van der Waals surface area contributed by atoms with E-state index in [0.717, 1.165) is 19.6 Å². The van der Waals surface area contributed by atoms with Crippen LogP contribution in [0.5, 0.6) is 0 Å². The first-order chi connectivity index (χ1) is 9.60. The molecule has 0 spiro atoms. The number of hydrogen-bond acceptors (Lipinski definition) is 4. The third kappa shape index (κ3) is 4.03. The lowest BCUT2D eigenvalue weighted by Crippen LogP contribution is -2.49. The number of aliphatic hydroxyl groups is 1. The van der Waals surface area contributed by atoms with Gasteiger partial charge in [0.05, 0.1) is 18.8 Å². The van der Waals surface area contributed by atoms with Gasteiger partial charge in [0.1, 0.15) is 0 Å². The molecule has 4 atom stereocenters. The van der Waals surface area contributed by atoms with Crippen LogP contribution in [0.1, 0.15) is 25.5 Å². The number of hydrogen-bond donors (Lipinski definition) is 2. The molecule has 0 radical (unpaired) electrons. The molecule has 1 heterocycles. The van der Waals surface area contributed by atoms with Crippen LogP contribution in [0.4, 0.5) is 0 Å². The standard InChI is InChI=1S/C16H26N2O2/c1-12(16(17)14-6-4-3-5-7-14)8-18-9-13(2)20-15(10-18)11-19/h3-7,12-13,15-16,19H,8-11,17H2,1-2H3. The molecule has 1 aliphatic rings. The quantitative estimate of drug-likeness (QED) is 0.855. The highest BCUT2D eigenvalue weighted by Crippen LogP contribution is 2.21. The minimum atomic E-state index is -0.0705. The number of ether oxygens (including phenoxy) is 1. The average molecular weight is 278 g/mol. The lowest BCUT2D eigenvalue weighted by molar-refractivity contribution is -0.0979. The van der Waals surface area contributed by atoms with Gasteiger partial charge in [0.2, 0.25) is 0 Å². The summed E-state index contributed by atoms with van der Waals surface area (Å²) in [7, 11) is 0. The van der Waals surface area contributed by atoms with Crippen LogP contribution in [0.15, 0.2) is 30.3 Å². The Morgan fingerprint density at radius 2 is 2.05 bits per heavy atom. The minimum Gasteiger partial charge on any atom is -0.394 e. The Morgan fingerprint density at radius 3 is 2.70 bits per heavy atom. The second-order valence-electron chi connectivity index (χ2n) is 5.88. The molecule has 4 nitrogen and oxygen atoms in total. The van der Waals surface area contributed by atoms with Gasteiger partial charge in [-0.2, -0.15) is 0 Å². The number of morpholine rings is 1. The van der Waals surface area contributed by atoms with Gasteiger partial charge in [-0.05, 0) is 18.4 Å². The molecule has 0 aliphatic carbocycles. The number of benzene rings is 1. The summed E-state index contributed by atoms with van der Waals surface area (Å²) in [5.74, 6) is 0.363. The van der Waals surface area contributed by atoms with Crippen LogP contribution in [0.2, 0.25) is 0 Å². The Morgan fingerprint density at radius 1 is 1.35 bits per heavy atom. The topological polar surface area (TPSA) is 58.7 Å². The van der Waals surface area contributed by atoms with Crippen LogP contribution in [0.25, 0.3) is 0 Å². The number of nitrogens with two attached hydrogens (primary N) is 1. The van der Waals surface area contributed by atoms with Gasteiger partial charge in [-0.3, -0.25) is 4.90 Å². The lowest BCUT2D eigenvalue weighted by Gasteiger charge is -2.38. The molecule has 3 N–H and O–H groups in total. The van der Waals surface area contributed by atoms with Gasteiger partial charge in [0.25, 0.3) is 0 Å². The van der Waals surface area contributed by atoms with E-state index >= 15 is 0 Å². The highest BCUT2D eigenvalue weighted by Gasteiger charge is 2.27. The number of nitrogens with zero attached hydrogens (tertiary/aromatic N) is 1. The predicted octanol–water partition coefficient (Wildman–Crippen LogP) is 1.40. The molecule has 0 aromatic heterocycles. The molecule has 1 aromatic rings. The molecular formula is C16H26N2O2. The average Bonchev–Trinajstić information content (AvgIpc) is 2.46. The zero-order chi connectivity index (χ0) is 14.5. The van der Waals surface area contributed by atoms with Crippen LogP contribution in [-0.4, -0.2) is 48.5 Å². The minimum absolute atomic E-state index is 0.0435. The van der Waals surface area contributed by atoms with Crippen molar-refractivity contribution in [3.8, 4) is 0 Å². The van der Waals surface area contributed by atoms with Crippen molar-refractivity contribution in [2.75, 3.05) is 26.2 Å². The van der Waals surface area contributed by atoms with E-state index in [9.17, 15) is 5.11 Å². The van der Waals surface area contributed by atoms with Crippen molar-refractivity contribution in [3.63, 3.8) is 0 Å². The molecule has 2 rings (SSSR count). The Kier molecular flexibility index (Phi) is 5.54. The maximum atomic E-state index is 9.27. The van der Waals surface area contributed by atoms with Crippen molar-refractivity contribution in [3.05, 3.63) is 35.9 Å². The van der Waals surface area contributed by atoms with Crippen LogP contribution >= 0.6 is 0 Å². The Bertz CT molecular complexity index is 399. The first-order valence-electron chi connectivity index (χ1n) is 7.39. The molecule has 0 bridgehead atoms. The lowest BCUT2D eigenvalue weighted by atomic mass is 9.94. The van der Waals surface area contributed by atoms with Crippen molar-refractivity contribution in [1.82, 2.24) is 4.90 Å². The van der Waals surface area contributed by atoms with E-state index in [-0.39, 0.29) is 24.9 Å². The van der Waals surface area contributed by atoms with E-state index in [1.165, 1.54) is 5.56 Å². The van der Waals surface area contributed by atoms with E-state index in [0.29, 0.717) is 5.92 Å². The van der Waals surface area contributed by atoms with Gasteiger partial charge in [-0.25, -0.2) is 0 Å². The highest BCUT2D eigenvalue weighted by molar-refractivity contribution is 5.19. The van der Waals surface area contributed by atoms with E-state index in [2.05, 4.69) is 30.9 Å². The van der Waals surface area contributed by atoms with Gasteiger partial charge >= 0.3 is 0 Å². The molecule has 1 aliphatic heterocycles. The molecule has 4 unspecified atom stereocenters. The van der Waals surface area contributed by atoms with E-state index in [1.807, 2.05) is 18.2 Å². The third-order valence-corrected chi connectivity index (χ3v) is 3.95. The zero-order valence-electron chi connectivity index (χ0n) is 12.4. The fraction of sp³-hybridized carbons (Fsp3) is 0.625. The van der Waals surface area contributed by atoms with Crippen molar-refractivity contribution >= 4 is 0 Å². The Balaban J connectivity index is 1.92. The van der Waals surface area contributed by atoms with Crippen molar-refractivity contribution < 1.29 is 9.84 Å². The van der Waals surface area contributed by atoms with E-state index in [1.54, 1.807) is 0 Å². The fourth-order valence-corrected chi connectivity index (χ4v) is 2.92. The zero-order valence-corrected chi connectivity index (χ0v) is 12.4. The van der Waals surface area contributed by atoms with Crippen molar-refractivity contribution in [2.24, 2.45) is 11.7 Å². The van der Waals surface area contributed by atoms with Gasteiger partial charge < -0.3 is 15.6 Å². The molecular weight excluding hydrogens is 252 g/mol. The van der Waals surface area contributed by atoms with Crippen LogP contribution in [-0.2, 0) is 4.74 Å². The monoisotopic (exact) mass is 278 g/mol. The predicted molar refractivity (Wildman–Crippen MR) is 80.4 cm³/mol. The summed E-state index contributed by atoms with van der Waals surface area (Å²) in [4.78, 5) is 2.35. The highest BCUT2D eigenvalue weighted by atomic mass is 16.5. The molecule has 4 heteroatoms. The molecule has 1 aromatic carbocycles. The Hall–Kier alpha value is -0.940.